The first-order valence-electron chi connectivity index (χ1n) is 9.80. The number of nitrogens with zero attached hydrogens (tertiary/aromatic N) is 1. The van der Waals surface area contributed by atoms with E-state index in [0.717, 1.165) is 18.4 Å². The van der Waals surface area contributed by atoms with Crippen molar-refractivity contribution in [3.63, 3.8) is 0 Å². The van der Waals surface area contributed by atoms with Gasteiger partial charge in [-0.05, 0) is 43.4 Å². The summed E-state index contributed by atoms with van der Waals surface area (Å²) >= 11 is 0. The van der Waals surface area contributed by atoms with Gasteiger partial charge in [-0.1, -0.05) is 48.5 Å². The highest BCUT2D eigenvalue weighted by Gasteiger charge is 2.43. The molecule has 1 aliphatic heterocycles. The topological polar surface area (TPSA) is 94.9 Å². The van der Waals surface area contributed by atoms with Gasteiger partial charge in [0.15, 0.2) is 0 Å². The van der Waals surface area contributed by atoms with Crippen LogP contribution in [0.2, 0.25) is 0 Å². The third-order valence-corrected chi connectivity index (χ3v) is 7.89. The second-order valence-corrected chi connectivity index (χ2v) is 10.2. The molecule has 1 amide bonds. The highest BCUT2D eigenvalue weighted by Crippen LogP contribution is 2.49. The summed E-state index contributed by atoms with van der Waals surface area (Å²) < 4.78 is 12.9. The largest absolute Gasteiger partial charge is 0.480 e. The minimum Gasteiger partial charge on any atom is -0.480 e. The van der Waals surface area contributed by atoms with Gasteiger partial charge >= 0.3 is 5.97 Å². The molecule has 2 aromatic carbocycles. The van der Waals surface area contributed by atoms with Crippen LogP contribution in [0.4, 0.5) is 5.69 Å². The van der Waals surface area contributed by atoms with Crippen molar-refractivity contribution in [2.75, 3.05) is 11.1 Å². The van der Waals surface area contributed by atoms with Gasteiger partial charge in [-0.2, -0.15) is 0 Å². The van der Waals surface area contributed by atoms with Crippen molar-refractivity contribution < 1.29 is 24.2 Å². The summed E-state index contributed by atoms with van der Waals surface area (Å²) in [5.41, 5.74) is 1.30. The number of carboxylic acid groups (broad SMARTS) is 1. The van der Waals surface area contributed by atoms with Gasteiger partial charge in [0, 0.05) is 18.3 Å². The minimum absolute atomic E-state index is 0.0416. The SMILES string of the molecule is CC(C(=O)N1c2ccccc2CC1C(=O)O)P(=O)(O)CCCCc1ccccc1. The molecule has 2 aromatic rings. The van der Waals surface area contributed by atoms with Crippen molar-refractivity contribution in [1.82, 2.24) is 0 Å². The van der Waals surface area contributed by atoms with E-state index in [1.54, 1.807) is 24.3 Å². The number of hydrogen-bond acceptors (Lipinski definition) is 3. The Bertz CT molecular complexity index is 930. The minimum atomic E-state index is -3.77. The summed E-state index contributed by atoms with van der Waals surface area (Å²) in [4.78, 5) is 36.5. The van der Waals surface area contributed by atoms with Gasteiger partial charge in [0.05, 0.1) is 0 Å². The average molecular weight is 415 g/mol. The van der Waals surface area contributed by atoms with Crippen LogP contribution in [0.1, 0.15) is 30.9 Å². The Morgan fingerprint density at radius 1 is 1.10 bits per heavy atom. The van der Waals surface area contributed by atoms with Crippen LogP contribution in [0, 0.1) is 0 Å². The average Bonchev–Trinajstić information content (AvgIpc) is 3.11. The van der Waals surface area contributed by atoms with E-state index >= 15 is 0 Å². The van der Waals surface area contributed by atoms with E-state index in [1.807, 2.05) is 30.3 Å². The van der Waals surface area contributed by atoms with Crippen molar-refractivity contribution in [2.45, 2.75) is 44.3 Å². The Morgan fingerprint density at radius 2 is 1.76 bits per heavy atom. The van der Waals surface area contributed by atoms with E-state index in [-0.39, 0.29) is 12.6 Å². The van der Waals surface area contributed by atoms with Gasteiger partial charge < -0.3 is 10.00 Å². The maximum Gasteiger partial charge on any atom is 0.327 e. The molecule has 3 unspecified atom stereocenters. The second-order valence-electron chi connectivity index (χ2n) is 7.49. The molecule has 2 N–H and O–H groups in total. The van der Waals surface area contributed by atoms with Crippen LogP contribution in [0.15, 0.2) is 54.6 Å². The molecule has 3 rings (SSSR count). The molecule has 0 aliphatic carbocycles. The number of amides is 1. The molecule has 0 saturated carbocycles. The number of carbonyl (C=O) groups is 2. The summed E-state index contributed by atoms with van der Waals surface area (Å²) in [7, 11) is -3.77. The third-order valence-electron chi connectivity index (χ3n) is 5.50. The summed E-state index contributed by atoms with van der Waals surface area (Å²) in [5, 5.41) is 9.55. The first kappa shape index (κ1) is 21.3. The zero-order chi connectivity index (χ0) is 21.0. The molecule has 0 aromatic heterocycles. The number of aryl methyl sites for hydroxylation is 1. The van der Waals surface area contributed by atoms with E-state index in [2.05, 4.69) is 0 Å². The fourth-order valence-corrected chi connectivity index (χ4v) is 5.27. The lowest BCUT2D eigenvalue weighted by atomic mass is 10.1. The number of rotatable bonds is 8. The summed E-state index contributed by atoms with van der Waals surface area (Å²) in [6.45, 7) is 1.43. The molecule has 0 saturated heterocycles. The van der Waals surface area contributed by atoms with Crippen LogP contribution in [0.3, 0.4) is 0 Å². The maximum absolute atomic E-state index is 13.1. The van der Waals surface area contributed by atoms with Crippen molar-refractivity contribution in [3.05, 3.63) is 65.7 Å². The van der Waals surface area contributed by atoms with E-state index in [4.69, 9.17) is 0 Å². The monoisotopic (exact) mass is 415 g/mol. The number of unbranched alkanes of at least 4 members (excludes halogenated alkanes) is 1. The molecular formula is C22H26NO5P. The molecule has 0 fully saturated rings. The van der Waals surface area contributed by atoms with E-state index < -0.39 is 30.9 Å². The highest BCUT2D eigenvalue weighted by molar-refractivity contribution is 7.59. The van der Waals surface area contributed by atoms with Crippen LogP contribution in [-0.2, 0) is 27.0 Å². The van der Waals surface area contributed by atoms with Crippen LogP contribution in [-0.4, -0.2) is 39.7 Å². The fraction of sp³-hybridized carbons (Fsp3) is 0.364. The molecule has 29 heavy (non-hydrogen) atoms. The van der Waals surface area contributed by atoms with Gasteiger partial charge in [0.2, 0.25) is 13.3 Å². The Kier molecular flexibility index (Phi) is 6.56. The van der Waals surface area contributed by atoms with Crippen LogP contribution < -0.4 is 4.90 Å². The predicted octanol–water partition coefficient (Wildman–Crippen LogP) is 3.71. The molecule has 0 radical (unpaired) electrons. The molecule has 1 aliphatic rings. The Hall–Kier alpha value is -2.43. The Balaban J connectivity index is 1.66. The van der Waals surface area contributed by atoms with Crippen LogP contribution in [0.5, 0.6) is 0 Å². The van der Waals surface area contributed by atoms with Gasteiger partial charge in [0.25, 0.3) is 0 Å². The van der Waals surface area contributed by atoms with E-state index in [9.17, 15) is 24.2 Å². The normalized spacial score (nSPS) is 18.7. The lowest BCUT2D eigenvalue weighted by Crippen LogP contribution is -2.46. The number of anilines is 1. The van der Waals surface area contributed by atoms with Gasteiger partial charge in [-0.25, -0.2) is 4.79 Å². The standard InChI is InChI=1S/C22H26NO5P/c1-16(29(27,28)14-8-7-11-17-9-3-2-4-10-17)21(24)23-19-13-6-5-12-18(19)15-20(23)22(25)26/h2-6,9-10,12-13,16,20H,7-8,11,14-15H2,1H3,(H,25,26)(H,27,28). The van der Waals surface area contributed by atoms with Crippen molar-refractivity contribution in [2.24, 2.45) is 0 Å². The number of benzene rings is 2. The van der Waals surface area contributed by atoms with Crippen LogP contribution >= 0.6 is 7.37 Å². The third kappa shape index (κ3) is 4.77. The molecular weight excluding hydrogens is 389 g/mol. The number of carboxylic acids is 1. The zero-order valence-corrected chi connectivity index (χ0v) is 17.3. The van der Waals surface area contributed by atoms with E-state index in [1.165, 1.54) is 17.4 Å². The molecule has 7 heteroatoms. The van der Waals surface area contributed by atoms with Crippen molar-refractivity contribution >= 4 is 24.9 Å². The number of fused-ring (bicyclic) bond motifs is 1. The molecule has 0 bridgehead atoms. The number of para-hydroxylation sites is 1. The van der Waals surface area contributed by atoms with Crippen LogP contribution in [0.25, 0.3) is 0 Å². The summed E-state index contributed by atoms with van der Waals surface area (Å²) in [5.74, 6) is -1.71. The molecule has 0 spiro atoms. The molecule has 1 heterocycles. The second kappa shape index (κ2) is 8.93. The lowest BCUT2D eigenvalue weighted by molar-refractivity contribution is -0.139. The van der Waals surface area contributed by atoms with Gasteiger partial charge in [-0.15, -0.1) is 0 Å². The Morgan fingerprint density at radius 3 is 2.45 bits per heavy atom. The molecule has 3 atom stereocenters. The Labute approximate surface area is 170 Å². The highest BCUT2D eigenvalue weighted by atomic mass is 31.2. The fourth-order valence-electron chi connectivity index (χ4n) is 3.74. The molecule has 6 nitrogen and oxygen atoms in total. The number of carbonyl (C=O) groups excluding carboxylic acids is 1. The van der Waals surface area contributed by atoms with Gasteiger partial charge in [0.1, 0.15) is 11.7 Å². The maximum atomic E-state index is 13.1. The smallest absolute Gasteiger partial charge is 0.327 e. The first-order valence-corrected chi connectivity index (χ1v) is 11.7. The zero-order valence-electron chi connectivity index (χ0n) is 16.4. The number of hydrogen-bond donors (Lipinski definition) is 2. The summed E-state index contributed by atoms with van der Waals surface area (Å²) in [6.07, 6.45) is 2.33. The van der Waals surface area contributed by atoms with E-state index in [0.29, 0.717) is 12.1 Å². The molecule has 154 valence electrons. The van der Waals surface area contributed by atoms with Gasteiger partial charge in [-0.3, -0.25) is 14.3 Å². The predicted molar refractivity (Wildman–Crippen MR) is 113 cm³/mol. The summed E-state index contributed by atoms with van der Waals surface area (Å²) in [6, 6.07) is 15.8. The van der Waals surface area contributed by atoms with Crippen molar-refractivity contribution in [3.8, 4) is 0 Å². The van der Waals surface area contributed by atoms with Crippen molar-refractivity contribution in [1.29, 1.82) is 0 Å². The first-order chi connectivity index (χ1) is 13.8. The quantitative estimate of drug-likeness (QED) is 0.506. The number of aliphatic carboxylic acids is 1. The lowest BCUT2D eigenvalue weighted by Gasteiger charge is -2.28.